The van der Waals surface area contributed by atoms with Crippen LogP contribution in [0.15, 0.2) is 18.2 Å². The Morgan fingerprint density at radius 3 is 2.19 bits per heavy atom. The quantitative estimate of drug-likeness (QED) is 0.588. The first kappa shape index (κ1) is 12.4. The average Bonchev–Trinajstić information content (AvgIpc) is 2.26. The van der Waals surface area contributed by atoms with E-state index in [1.807, 2.05) is 0 Å². The van der Waals surface area contributed by atoms with Crippen molar-refractivity contribution in [2.45, 2.75) is 19.5 Å². The summed E-state index contributed by atoms with van der Waals surface area (Å²) < 4.78 is 39.4. The first-order valence-electron chi connectivity index (χ1n) is 4.64. The molecule has 1 unspecified atom stereocenters. The third-order valence-electron chi connectivity index (χ3n) is 2.07. The van der Waals surface area contributed by atoms with E-state index in [1.165, 1.54) is 6.92 Å². The Morgan fingerprint density at radius 1 is 1.25 bits per heavy atom. The van der Waals surface area contributed by atoms with Gasteiger partial charge in [-0.2, -0.15) is 0 Å². The van der Waals surface area contributed by atoms with Gasteiger partial charge in [-0.1, -0.05) is 13.0 Å². The largest absolute Gasteiger partial charge is 0.296 e. The van der Waals surface area contributed by atoms with Crippen molar-refractivity contribution >= 4 is 11.6 Å². The molecule has 1 atom stereocenters. The number of hydrogen-bond acceptors (Lipinski definition) is 2. The molecule has 0 aromatic heterocycles. The van der Waals surface area contributed by atoms with Crippen molar-refractivity contribution in [3.05, 3.63) is 35.4 Å². The summed E-state index contributed by atoms with van der Waals surface area (Å²) in [5.74, 6) is -4.80. The molecule has 2 nitrogen and oxygen atoms in total. The summed E-state index contributed by atoms with van der Waals surface area (Å²) in [6, 6.07) is 2.72. The van der Waals surface area contributed by atoms with Crippen molar-refractivity contribution < 1.29 is 22.8 Å². The van der Waals surface area contributed by atoms with Crippen LogP contribution in [0.2, 0.25) is 0 Å². The fourth-order valence-corrected chi connectivity index (χ4v) is 1.19. The molecule has 0 radical (unpaired) electrons. The molecule has 0 heterocycles. The number of benzene rings is 1. The van der Waals surface area contributed by atoms with Gasteiger partial charge in [0.15, 0.2) is 5.78 Å². The minimum atomic E-state index is -2.50. The molecule has 0 N–H and O–H groups in total. The van der Waals surface area contributed by atoms with Crippen molar-refractivity contribution in [1.29, 1.82) is 0 Å². The first-order chi connectivity index (χ1) is 7.49. The van der Waals surface area contributed by atoms with Crippen LogP contribution in [0.5, 0.6) is 0 Å². The zero-order valence-electron chi connectivity index (χ0n) is 8.47. The second kappa shape index (κ2) is 4.92. The van der Waals surface area contributed by atoms with Crippen molar-refractivity contribution in [3.8, 4) is 0 Å². The number of carbonyl (C=O) groups excluding carboxylic acids is 2. The van der Waals surface area contributed by atoms with E-state index >= 15 is 0 Å². The second-order valence-electron chi connectivity index (χ2n) is 3.14. The second-order valence-corrected chi connectivity index (χ2v) is 3.14. The molecule has 5 heteroatoms. The highest BCUT2D eigenvalue weighted by atomic mass is 19.1. The maximum absolute atomic E-state index is 13.2. The minimum Gasteiger partial charge on any atom is -0.296 e. The van der Waals surface area contributed by atoms with Gasteiger partial charge in [-0.25, -0.2) is 13.2 Å². The molecule has 1 aromatic carbocycles. The summed E-state index contributed by atoms with van der Waals surface area (Å²) in [5, 5.41) is 0. The predicted octanol–water partition coefficient (Wildman–Crippen LogP) is 2.46. The topological polar surface area (TPSA) is 34.1 Å². The number of hydrogen-bond donors (Lipinski definition) is 0. The SMILES string of the molecule is CCC(=O)C(F)C(=O)c1c(F)cccc1F. The van der Waals surface area contributed by atoms with E-state index in [0.717, 1.165) is 18.2 Å². The Balaban J connectivity index is 3.10. The van der Waals surface area contributed by atoms with Crippen LogP contribution in [0.4, 0.5) is 13.2 Å². The maximum Gasteiger partial charge on any atom is 0.221 e. The third kappa shape index (κ3) is 2.29. The van der Waals surface area contributed by atoms with Gasteiger partial charge in [-0.05, 0) is 12.1 Å². The third-order valence-corrected chi connectivity index (χ3v) is 2.07. The molecule has 0 saturated heterocycles. The number of rotatable bonds is 4. The van der Waals surface area contributed by atoms with E-state index in [1.54, 1.807) is 0 Å². The highest BCUT2D eigenvalue weighted by Gasteiger charge is 2.29. The zero-order valence-corrected chi connectivity index (χ0v) is 8.47. The van der Waals surface area contributed by atoms with Crippen LogP contribution in [0.1, 0.15) is 23.7 Å². The van der Waals surface area contributed by atoms with Gasteiger partial charge in [-0.3, -0.25) is 9.59 Å². The van der Waals surface area contributed by atoms with E-state index in [9.17, 15) is 22.8 Å². The van der Waals surface area contributed by atoms with E-state index in [2.05, 4.69) is 0 Å². The molecule has 16 heavy (non-hydrogen) atoms. The van der Waals surface area contributed by atoms with E-state index in [-0.39, 0.29) is 6.42 Å². The van der Waals surface area contributed by atoms with Gasteiger partial charge in [0.2, 0.25) is 12.0 Å². The molecule has 0 amide bonds. The Labute approximate surface area is 90.1 Å². The summed E-state index contributed by atoms with van der Waals surface area (Å²) in [7, 11) is 0. The van der Waals surface area contributed by atoms with E-state index in [0.29, 0.717) is 0 Å². The number of halogens is 3. The number of Topliss-reactive ketones (excluding diaryl/α,β-unsaturated/α-hetero) is 2. The Bertz CT molecular complexity index is 409. The normalized spacial score (nSPS) is 12.2. The molecule has 1 aromatic rings. The van der Waals surface area contributed by atoms with Crippen LogP contribution in [0.25, 0.3) is 0 Å². The van der Waals surface area contributed by atoms with Gasteiger partial charge in [0, 0.05) is 6.42 Å². The molecule has 0 aliphatic rings. The molecule has 86 valence electrons. The number of ketones is 2. The van der Waals surface area contributed by atoms with Crippen LogP contribution >= 0.6 is 0 Å². The van der Waals surface area contributed by atoms with Crippen LogP contribution < -0.4 is 0 Å². The lowest BCUT2D eigenvalue weighted by molar-refractivity contribution is -0.121. The number of carbonyl (C=O) groups is 2. The van der Waals surface area contributed by atoms with Crippen molar-refractivity contribution in [3.63, 3.8) is 0 Å². The monoisotopic (exact) mass is 230 g/mol. The summed E-state index contributed by atoms with van der Waals surface area (Å²) >= 11 is 0. The molecule has 1 rings (SSSR count). The van der Waals surface area contributed by atoms with Crippen LogP contribution in [-0.2, 0) is 4.79 Å². The Kier molecular flexibility index (Phi) is 3.82. The fraction of sp³-hybridized carbons (Fsp3) is 0.273. The van der Waals surface area contributed by atoms with Gasteiger partial charge < -0.3 is 0 Å². The van der Waals surface area contributed by atoms with E-state index in [4.69, 9.17) is 0 Å². The zero-order chi connectivity index (χ0) is 12.3. The van der Waals surface area contributed by atoms with Crippen molar-refractivity contribution in [2.75, 3.05) is 0 Å². The lowest BCUT2D eigenvalue weighted by Gasteiger charge is -2.06. The Morgan fingerprint density at radius 2 is 1.75 bits per heavy atom. The van der Waals surface area contributed by atoms with Gasteiger partial charge in [-0.15, -0.1) is 0 Å². The summed E-state index contributed by atoms with van der Waals surface area (Å²) in [4.78, 5) is 22.2. The minimum absolute atomic E-state index is 0.205. The molecule has 0 aliphatic carbocycles. The molecular formula is C11H9F3O2. The first-order valence-corrected chi connectivity index (χ1v) is 4.64. The molecule has 0 bridgehead atoms. The van der Waals surface area contributed by atoms with Gasteiger partial charge in [0.25, 0.3) is 0 Å². The smallest absolute Gasteiger partial charge is 0.221 e. The fourth-order valence-electron chi connectivity index (χ4n) is 1.19. The lowest BCUT2D eigenvalue weighted by atomic mass is 10.0. The average molecular weight is 230 g/mol. The van der Waals surface area contributed by atoms with Gasteiger partial charge in [0.05, 0.1) is 5.56 Å². The maximum atomic E-state index is 13.2. The lowest BCUT2D eigenvalue weighted by Crippen LogP contribution is -2.26. The van der Waals surface area contributed by atoms with Crippen molar-refractivity contribution in [1.82, 2.24) is 0 Å². The van der Waals surface area contributed by atoms with Crippen molar-refractivity contribution in [2.24, 2.45) is 0 Å². The van der Waals surface area contributed by atoms with Crippen LogP contribution in [0.3, 0.4) is 0 Å². The predicted molar refractivity (Wildman–Crippen MR) is 50.9 cm³/mol. The summed E-state index contributed by atoms with van der Waals surface area (Å²) in [6.07, 6.45) is -2.71. The van der Waals surface area contributed by atoms with Crippen LogP contribution in [-0.4, -0.2) is 17.7 Å². The number of alkyl halides is 1. The van der Waals surface area contributed by atoms with E-state index < -0.39 is 34.9 Å². The summed E-state index contributed by atoms with van der Waals surface area (Å²) in [6.45, 7) is 1.36. The molecular weight excluding hydrogens is 221 g/mol. The highest BCUT2D eigenvalue weighted by molar-refractivity contribution is 6.13. The standard InChI is InChI=1S/C11H9F3O2/c1-2-8(15)10(14)11(16)9-6(12)4-3-5-7(9)13/h3-5,10H,2H2,1H3. The Hall–Kier alpha value is -1.65. The van der Waals surface area contributed by atoms with Gasteiger partial charge >= 0.3 is 0 Å². The van der Waals surface area contributed by atoms with Gasteiger partial charge in [0.1, 0.15) is 11.6 Å². The van der Waals surface area contributed by atoms with Crippen LogP contribution in [0, 0.1) is 11.6 Å². The molecule has 0 spiro atoms. The summed E-state index contributed by atoms with van der Waals surface area (Å²) in [5.41, 5.74) is -1.00. The molecule has 0 aliphatic heterocycles. The molecule has 0 fully saturated rings. The highest BCUT2D eigenvalue weighted by Crippen LogP contribution is 2.16. The molecule has 0 saturated carbocycles.